The molecule has 0 aromatic rings. The first kappa shape index (κ1) is 12.4. The lowest BCUT2D eigenvalue weighted by molar-refractivity contribution is 0.106. The maximum absolute atomic E-state index is 3.49. The number of nitrogens with zero attached hydrogens (tertiary/aromatic N) is 1. The zero-order chi connectivity index (χ0) is 11.2. The van der Waals surface area contributed by atoms with Gasteiger partial charge in [0.15, 0.2) is 0 Å². The van der Waals surface area contributed by atoms with Crippen molar-refractivity contribution >= 4 is 0 Å². The Morgan fingerprint density at radius 3 is 2.31 bits per heavy atom. The van der Waals surface area contributed by atoms with Crippen molar-refractivity contribution in [3.8, 4) is 0 Å². The molecule has 0 spiro atoms. The minimum absolute atomic E-state index is 0.939. The molecule has 0 aromatic carbocycles. The van der Waals surface area contributed by atoms with Crippen LogP contribution in [0, 0.1) is 5.92 Å². The van der Waals surface area contributed by atoms with E-state index in [4.69, 9.17) is 0 Å². The molecule has 1 N–H and O–H groups in total. The summed E-state index contributed by atoms with van der Waals surface area (Å²) in [6, 6.07) is 0.939. The van der Waals surface area contributed by atoms with Gasteiger partial charge in [-0.25, -0.2) is 0 Å². The lowest BCUT2D eigenvalue weighted by atomic mass is 9.90. The molecule has 2 aliphatic rings. The molecule has 0 aromatic heterocycles. The molecular formula is C14H28N2. The minimum Gasteiger partial charge on any atom is -0.317 e. The van der Waals surface area contributed by atoms with Gasteiger partial charge in [0.2, 0.25) is 0 Å². The predicted octanol–water partition coefficient (Wildman–Crippen LogP) is 2.64. The highest BCUT2D eigenvalue weighted by atomic mass is 15.2. The molecule has 1 heterocycles. The fourth-order valence-corrected chi connectivity index (χ4v) is 3.32. The first-order valence-corrected chi connectivity index (χ1v) is 7.35. The van der Waals surface area contributed by atoms with E-state index in [1.54, 1.807) is 0 Å². The summed E-state index contributed by atoms with van der Waals surface area (Å²) in [5.74, 6) is 0.944. The second-order valence-corrected chi connectivity index (χ2v) is 5.58. The molecule has 1 aliphatic carbocycles. The Kier molecular flexibility index (Phi) is 5.11. The van der Waals surface area contributed by atoms with Crippen LogP contribution in [-0.2, 0) is 0 Å². The Labute approximate surface area is 101 Å². The Balaban J connectivity index is 1.67. The van der Waals surface area contributed by atoms with E-state index in [0.29, 0.717) is 0 Å². The van der Waals surface area contributed by atoms with Crippen LogP contribution in [0.15, 0.2) is 0 Å². The van der Waals surface area contributed by atoms with E-state index in [9.17, 15) is 0 Å². The molecule has 0 bridgehead atoms. The molecule has 2 nitrogen and oxygen atoms in total. The number of piperidine rings is 1. The van der Waals surface area contributed by atoms with Crippen molar-refractivity contribution in [3.05, 3.63) is 0 Å². The normalized spacial score (nSPS) is 26.1. The topological polar surface area (TPSA) is 15.3 Å². The van der Waals surface area contributed by atoms with Gasteiger partial charge in [0.05, 0.1) is 0 Å². The Bertz CT molecular complexity index is 179. The van der Waals surface area contributed by atoms with E-state index < -0.39 is 0 Å². The third kappa shape index (κ3) is 3.46. The molecule has 2 heteroatoms. The molecule has 1 saturated heterocycles. The Morgan fingerprint density at radius 1 is 1.00 bits per heavy atom. The Morgan fingerprint density at radius 2 is 1.69 bits per heavy atom. The third-order valence-corrected chi connectivity index (χ3v) is 4.42. The van der Waals surface area contributed by atoms with Gasteiger partial charge in [-0.2, -0.15) is 0 Å². The van der Waals surface area contributed by atoms with Crippen LogP contribution < -0.4 is 5.32 Å². The van der Waals surface area contributed by atoms with Crippen LogP contribution >= 0.6 is 0 Å². The molecule has 94 valence electrons. The van der Waals surface area contributed by atoms with Gasteiger partial charge in [-0.05, 0) is 57.8 Å². The largest absolute Gasteiger partial charge is 0.317 e. The van der Waals surface area contributed by atoms with Crippen molar-refractivity contribution in [3.63, 3.8) is 0 Å². The SMILES string of the molecule is CCNCC1CCN(C2CCCCC2)CC1. The van der Waals surface area contributed by atoms with E-state index in [1.165, 1.54) is 64.6 Å². The number of rotatable bonds is 4. The van der Waals surface area contributed by atoms with E-state index >= 15 is 0 Å². The van der Waals surface area contributed by atoms with E-state index in [0.717, 1.165) is 18.5 Å². The van der Waals surface area contributed by atoms with Gasteiger partial charge in [-0.3, -0.25) is 0 Å². The zero-order valence-corrected chi connectivity index (χ0v) is 10.9. The molecule has 1 aliphatic heterocycles. The van der Waals surface area contributed by atoms with Crippen molar-refractivity contribution in [2.24, 2.45) is 5.92 Å². The Hall–Kier alpha value is -0.0800. The van der Waals surface area contributed by atoms with Crippen molar-refractivity contribution in [2.45, 2.75) is 57.9 Å². The highest BCUT2D eigenvalue weighted by Crippen LogP contribution is 2.26. The van der Waals surface area contributed by atoms with Crippen molar-refractivity contribution in [2.75, 3.05) is 26.2 Å². The second kappa shape index (κ2) is 6.61. The van der Waals surface area contributed by atoms with Gasteiger partial charge in [0.1, 0.15) is 0 Å². The van der Waals surface area contributed by atoms with Crippen LogP contribution in [0.25, 0.3) is 0 Å². The van der Waals surface area contributed by atoms with Crippen molar-refractivity contribution < 1.29 is 0 Å². The van der Waals surface area contributed by atoms with Crippen LogP contribution in [0.1, 0.15) is 51.9 Å². The van der Waals surface area contributed by atoms with Crippen LogP contribution in [0.4, 0.5) is 0 Å². The lowest BCUT2D eigenvalue weighted by Crippen LogP contribution is -2.43. The summed E-state index contributed by atoms with van der Waals surface area (Å²) in [7, 11) is 0. The smallest absolute Gasteiger partial charge is 0.00952 e. The molecule has 1 saturated carbocycles. The monoisotopic (exact) mass is 224 g/mol. The second-order valence-electron chi connectivity index (χ2n) is 5.58. The van der Waals surface area contributed by atoms with E-state index in [2.05, 4.69) is 17.1 Å². The summed E-state index contributed by atoms with van der Waals surface area (Å²) in [6.07, 6.45) is 10.2. The molecule has 16 heavy (non-hydrogen) atoms. The number of nitrogens with one attached hydrogen (secondary N) is 1. The molecule has 0 atom stereocenters. The number of hydrogen-bond donors (Lipinski definition) is 1. The van der Waals surface area contributed by atoms with Crippen molar-refractivity contribution in [1.82, 2.24) is 10.2 Å². The number of likely N-dealkylation sites (tertiary alicyclic amines) is 1. The molecule has 0 amide bonds. The lowest BCUT2D eigenvalue weighted by Gasteiger charge is -2.39. The molecular weight excluding hydrogens is 196 g/mol. The number of hydrogen-bond acceptors (Lipinski definition) is 2. The molecule has 0 unspecified atom stereocenters. The summed E-state index contributed by atoms with van der Waals surface area (Å²) >= 11 is 0. The van der Waals surface area contributed by atoms with Gasteiger partial charge in [-0.1, -0.05) is 26.2 Å². The fourth-order valence-electron chi connectivity index (χ4n) is 3.32. The quantitative estimate of drug-likeness (QED) is 0.790. The predicted molar refractivity (Wildman–Crippen MR) is 69.7 cm³/mol. The van der Waals surface area contributed by atoms with Crippen molar-refractivity contribution in [1.29, 1.82) is 0 Å². The standard InChI is InChI=1S/C14H28N2/c1-2-15-12-13-8-10-16(11-9-13)14-6-4-3-5-7-14/h13-15H,2-12H2,1H3. The van der Waals surface area contributed by atoms with Crippen LogP contribution in [-0.4, -0.2) is 37.1 Å². The summed E-state index contributed by atoms with van der Waals surface area (Å²) in [5, 5.41) is 3.49. The first-order valence-electron chi connectivity index (χ1n) is 7.35. The summed E-state index contributed by atoms with van der Waals surface area (Å²) in [5.41, 5.74) is 0. The third-order valence-electron chi connectivity index (χ3n) is 4.42. The summed E-state index contributed by atoms with van der Waals surface area (Å²) in [4.78, 5) is 2.78. The van der Waals surface area contributed by atoms with Gasteiger partial charge in [-0.15, -0.1) is 0 Å². The maximum atomic E-state index is 3.49. The minimum atomic E-state index is 0.939. The molecule has 2 fully saturated rings. The maximum Gasteiger partial charge on any atom is 0.00952 e. The van der Waals surface area contributed by atoms with Gasteiger partial charge in [0.25, 0.3) is 0 Å². The summed E-state index contributed by atoms with van der Waals surface area (Å²) in [6.45, 7) is 7.30. The van der Waals surface area contributed by atoms with Gasteiger partial charge in [0, 0.05) is 6.04 Å². The highest BCUT2D eigenvalue weighted by molar-refractivity contribution is 4.81. The van der Waals surface area contributed by atoms with Gasteiger partial charge >= 0.3 is 0 Å². The summed E-state index contributed by atoms with van der Waals surface area (Å²) < 4.78 is 0. The van der Waals surface area contributed by atoms with Crippen LogP contribution in [0.2, 0.25) is 0 Å². The average molecular weight is 224 g/mol. The van der Waals surface area contributed by atoms with Crippen LogP contribution in [0.5, 0.6) is 0 Å². The molecule has 2 rings (SSSR count). The van der Waals surface area contributed by atoms with E-state index in [-0.39, 0.29) is 0 Å². The van der Waals surface area contributed by atoms with Gasteiger partial charge < -0.3 is 10.2 Å². The zero-order valence-electron chi connectivity index (χ0n) is 10.9. The fraction of sp³-hybridized carbons (Fsp3) is 1.00. The van der Waals surface area contributed by atoms with E-state index in [1.807, 2.05) is 0 Å². The average Bonchev–Trinajstić information content (AvgIpc) is 2.38. The molecule has 0 radical (unpaired) electrons. The first-order chi connectivity index (χ1) is 7.90. The van der Waals surface area contributed by atoms with Crippen LogP contribution in [0.3, 0.4) is 0 Å². The highest BCUT2D eigenvalue weighted by Gasteiger charge is 2.25.